The van der Waals surface area contributed by atoms with Gasteiger partial charge in [0.25, 0.3) is 0 Å². The molecular weight excluding hydrogens is 284 g/mol. The third kappa shape index (κ3) is 4.49. The van der Waals surface area contributed by atoms with Crippen LogP contribution in [0, 0.1) is 0 Å². The Kier molecular flexibility index (Phi) is 5.54. The lowest BCUT2D eigenvalue weighted by atomic mass is 10.2. The number of hydrogen-bond acceptors (Lipinski definition) is 3. The van der Waals surface area contributed by atoms with Crippen LogP contribution in [0.2, 0.25) is 0 Å². The summed E-state index contributed by atoms with van der Waals surface area (Å²) in [5, 5.41) is 0. The molecule has 122 valence electrons. The summed E-state index contributed by atoms with van der Waals surface area (Å²) >= 11 is 0. The quantitative estimate of drug-likeness (QED) is 0.773. The Morgan fingerprint density at radius 3 is 2.30 bits per heavy atom. The summed E-state index contributed by atoms with van der Waals surface area (Å²) in [4.78, 5) is 5.05. The molecule has 0 radical (unpaired) electrons. The van der Waals surface area contributed by atoms with Crippen LogP contribution in [0.5, 0.6) is 5.75 Å². The second-order valence-electron chi connectivity index (χ2n) is 6.15. The zero-order valence-electron chi connectivity index (χ0n) is 13.9. The molecule has 0 saturated carbocycles. The molecule has 3 rings (SSSR count). The Morgan fingerprint density at radius 2 is 1.65 bits per heavy atom. The molecule has 1 aliphatic rings. The molecule has 1 aliphatic heterocycles. The first-order valence-electron chi connectivity index (χ1n) is 8.50. The molecule has 0 unspecified atom stereocenters. The summed E-state index contributed by atoms with van der Waals surface area (Å²) in [5.74, 6) is 0.914. The van der Waals surface area contributed by atoms with Gasteiger partial charge in [-0.1, -0.05) is 30.3 Å². The molecule has 0 atom stereocenters. The fourth-order valence-corrected chi connectivity index (χ4v) is 3.16. The lowest BCUT2D eigenvalue weighted by Crippen LogP contribution is -2.33. The molecule has 0 N–H and O–H groups in total. The number of ether oxygens (including phenoxy) is 1. The van der Waals surface area contributed by atoms with Crippen molar-refractivity contribution in [2.45, 2.75) is 19.4 Å². The fraction of sp³-hybridized carbons (Fsp3) is 0.400. The van der Waals surface area contributed by atoms with Crippen molar-refractivity contribution in [2.24, 2.45) is 0 Å². The number of para-hydroxylation sites is 1. The van der Waals surface area contributed by atoms with Gasteiger partial charge in [-0.25, -0.2) is 0 Å². The van der Waals surface area contributed by atoms with E-state index in [0.29, 0.717) is 0 Å². The summed E-state index contributed by atoms with van der Waals surface area (Å²) in [7, 11) is 1.71. The third-order valence-electron chi connectivity index (χ3n) is 4.54. The van der Waals surface area contributed by atoms with Crippen molar-refractivity contribution < 1.29 is 4.74 Å². The Bertz CT molecular complexity index is 576. The lowest BCUT2D eigenvalue weighted by molar-refractivity contribution is 0.344. The number of benzene rings is 2. The maximum absolute atomic E-state index is 5.25. The molecule has 0 spiro atoms. The van der Waals surface area contributed by atoms with Crippen molar-refractivity contribution in [1.82, 2.24) is 4.90 Å². The van der Waals surface area contributed by atoms with Gasteiger partial charge >= 0.3 is 0 Å². The minimum Gasteiger partial charge on any atom is -0.497 e. The summed E-state index contributed by atoms with van der Waals surface area (Å²) < 4.78 is 5.25. The van der Waals surface area contributed by atoms with Gasteiger partial charge in [-0.15, -0.1) is 0 Å². The zero-order chi connectivity index (χ0) is 15.9. The average molecular weight is 310 g/mol. The standard InChI is InChI=1S/C20H26N2O/c1-23-20-11-9-18(10-12-20)17-22(19-7-3-2-4-8-19)16-15-21-13-5-6-14-21/h2-4,7-12H,5-6,13-17H2,1H3. The highest BCUT2D eigenvalue weighted by Gasteiger charge is 2.14. The summed E-state index contributed by atoms with van der Waals surface area (Å²) in [6, 6.07) is 19.1. The Morgan fingerprint density at radius 1 is 0.957 bits per heavy atom. The Labute approximate surface area is 139 Å². The van der Waals surface area contributed by atoms with Crippen molar-refractivity contribution in [2.75, 3.05) is 38.2 Å². The zero-order valence-corrected chi connectivity index (χ0v) is 13.9. The van der Waals surface area contributed by atoms with E-state index in [1.54, 1.807) is 7.11 Å². The predicted molar refractivity (Wildman–Crippen MR) is 96.2 cm³/mol. The minimum atomic E-state index is 0.914. The van der Waals surface area contributed by atoms with Gasteiger partial charge in [0.2, 0.25) is 0 Å². The number of hydrogen-bond donors (Lipinski definition) is 0. The maximum atomic E-state index is 5.25. The third-order valence-corrected chi connectivity index (χ3v) is 4.54. The molecule has 1 saturated heterocycles. The first-order valence-corrected chi connectivity index (χ1v) is 8.50. The second-order valence-corrected chi connectivity index (χ2v) is 6.15. The van der Waals surface area contributed by atoms with Crippen molar-refractivity contribution in [1.29, 1.82) is 0 Å². The maximum Gasteiger partial charge on any atom is 0.118 e. The Balaban J connectivity index is 1.68. The molecule has 3 heteroatoms. The Hall–Kier alpha value is -2.00. The molecule has 0 aliphatic carbocycles. The van der Waals surface area contributed by atoms with E-state index in [1.807, 2.05) is 12.1 Å². The van der Waals surface area contributed by atoms with E-state index in [0.717, 1.165) is 25.4 Å². The monoisotopic (exact) mass is 310 g/mol. The summed E-state index contributed by atoms with van der Waals surface area (Å²) in [6.07, 6.45) is 2.70. The average Bonchev–Trinajstić information content (AvgIpc) is 3.13. The summed E-state index contributed by atoms with van der Waals surface area (Å²) in [6.45, 7) is 5.65. The smallest absolute Gasteiger partial charge is 0.118 e. The van der Waals surface area contributed by atoms with Crippen LogP contribution in [0.1, 0.15) is 18.4 Å². The molecular formula is C20H26N2O. The molecule has 23 heavy (non-hydrogen) atoms. The second kappa shape index (κ2) is 8.02. The van der Waals surface area contributed by atoms with Gasteiger partial charge in [0, 0.05) is 25.3 Å². The number of methoxy groups -OCH3 is 1. The van der Waals surface area contributed by atoms with Crippen LogP contribution >= 0.6 is 0 Å². The van der Waals surface area contributed by atoms with Crippen molar-refractivity contribution >= 4 is 5.69 Å². The van der Waals surface area contributed by atoms with Gasteiger partial charge in [-0.05, 0) is 55.8 Å². The van der Waals surface area contributed by atoms with Gasteiger partial charge in [0.05, 0.1) is 7.11 Å². The van der Waals surface area contributed by atoms with E-state index in [4.69, 9.17) is 4.74 Å². The normalized spacial score (nSPS) is 14.8. The van der Waals surface area contributed by atoms with E-state index < -0.39 is 0 Å². The SMILES string of the molecule is COc1ccc(CN(CCN2CCCC2)c2ccccc2)cc1. The lowest BCUT2D eigenvalue weighted by Gasteiger charge is -2.27. The van der Waals surface area contributed by atoms with E-state index in [-0.39, 0.29) is 0 Å². The van der Waals surface area contributed by atoms with Crippen LogP contribution in [-0.2, 0) is 6.54 Å². The highest BCUT2D eigenvalue weighted by Crippen LogP contribution is 2.19. The van der Waals surface area contributed by atoms with Gasteiger partial charge in [-0.3, -0.25) is 0 Å². The number of anilines is 1. The van der Waals surface area contributed by atoms with Crippen molar-refractivity contribution in [3.63, 3.8) is 0 Å². The van der Waals surface area contributed by atoms with Crippen LogP contribution < -0.4 is 9.64 Å². The molecule has 0 bridgehead atoms. The first kappa shape index (κ1) is 15.9. The van der Waals surface area contributed by atoms with Crippen LogP contribution in [0.4, 0.5) is 5.69 Å². The number of rotatable bonds is 7. The number of nitrogens with zero attached hydrogens (tertiary/aromatic N) is 2. The van der Waals surface area contributed by atoms with E-state index in [1.165, 1.54) is 37.2 Å². The highest BCUT2D eigenvalue weighted by atomic mass is 16.5. The van der Waals surface area contributed by atoms with Crippen LogP contribution in [0.25, 0.3) is 0 Å². The van der Waals surface area contributed by atoms with Gasteiger partial charge in [-0.2, -0.15) is 0 Å². The highest BCUT2D eigenvalue weighted by molar-refractivity contribution is 5.47. The van der Waals surface area contributed by atoms with E-state index >= 15 is 0 Å². The molecule has 1 heterocycles. The molecule has 2 aromatic carbocycles. The predicted octanol–water partition coefficient (Wildman–Crippen LogP) is 3.80. The van der Waals surface area contributed by atoms with Crippen LogP contribution in [0.3, 0.4) is 0 Å². The largest absolute Gasteiger partial charge is 0.497 e. The van der Waals surface area contributed by atoms with Gasteiger partial charge in [0.1, 0.15) is 5.75 Å². The van der Waals surface area contributed by atoms with Crippen LogP contribution in [0.15, 0.2) is 54.6 Å². The van der Waals surface area contributed by atoms with Crippen molar-refractivity contribution in [3.8, 4) is 5.75 Å². The first-order chi connectivity index (χ1) is 11.3. The summed E-state index contributed by atoms with van der Waals surface area (Å²) in [5.41, 5.74) is 2.61. The molecule has 0 amide bonds. The van der Waals surface area contributed by atoms with E-state index in [2.05, 4.69) is 52.3 Å². The van der Waals surface area contributed by atoms with Gasteiger partial charge in [0.15, 0.2) is 0 Å². The molecule has 2 aromatic rings. The van der Waals surface area contributed by atoms with Crippen molar-refractivity contribution in [3.05, 3.63) is 60.2 Å². The molecule has 3 nitrogen and oxygen atoms in total. The minimum absolute atomic E-state index is 0.914. The molecule has 1 fully saturated rings. The fourth-order valence-electron chi connectivity index (χ4n) is 3.16. The van der Waals surface area contributed by atoms with Crippen LogP contribution in [-0.4, -0.2) is 38.2 Å². The number of likely N-dealkylation sites (tertiary alicyclic amines) is 1. The topological polar surface area (TPSA) is 15.7 Å². The molecule has 0 aromatic heterocycles. The van der Waals surface area contributed by atoms with E-state index in [9.17, 15) is 0 Å². The van der Waals surface area contributed by atoms with Gasteiger partial charge < -0.3 is 14.5 Å².